The number of nitrogen functional groups attached to an aromatic ring is 1. The molecular weight excluding hydrogens is 304 g/mol. The van der Waals surface area contributed by atoms with Gasteiger partial charge in [-0.05, 0) is 37.6 Å². The van der Waals surface area contributed by atoms with E-state index in [0.717, 1.165) is 4.88 Å². The summed E-state index contributed by atoms with van der Waals surface area (Å²) in [5.41, 5.74) is 6.98. The number of para-hydroxylation sites is 1. The Hall–Kier alpha value is -1.37. The maximum atomic E-state index is 12.5. The molecule has 0 saturated carbocycles. The lowest BCUT2D eigenvalue weighted by Crippen LogP contribution is -2.30. The fourth-order valence-corrected chi connectivity index (χ4v) is 4.56. The second kappa shape index (κ2) is 6.17. The van der Waals surface area contributed by atoms with Crippen molar-refractivity contribution in [2.45, 2.75) is 25.6 Å². The minimum absolute atomic E-state index is 0.0785. The van der Waals surface area contributed by atoms with Crippen molar-refractivity contribution in [3.8, 4) is 0 Å². The lowest BCUT2D eigenvalue weighted by Gasteiger charge is -2.23. The van der Waals surface area contributed by atoms with E-state index >= 15 is 0 Å². The molecule has 0 radical (unpaired) electrons. The van der Waals surface area contributed by atoms with Crippen LogP contribution in [0.4, 0.5) is 5.69 Å². The van der Waals surface area contributed by atoms with Crippen LogP contribution < -0.4 is 5.73 Å². The monoisotopic (exact) mass is 324 g/mol. The molecule has 4 nitrogen and oxygen atoms in total. The van der Waals surface area contributed by atoms with Gasteiger partial charge in [0.1, 0.15) is 0 Å². The maximum absolute atomic E-state index is 12.5. The molecule has 2 aromatic rings. The normalized spacial score (nSPS) is 13.5. The smallest absolute Gasteiger partial charge is 0.218 e. The Balaban J connectivity index is 2.21. The summed E-state index contributed by atoms with van der Waals surface area (Å²) in [7, 11) is -1.79. The Morgan fingerprint density at radius 3 is 2.48 bits per heavy atom. The highest BCUT2D eigenvalue weighted by molar-refractivity contribution is 7.88. The zero-order valence-corrected chi connectivity index (χ0v) is 14.0. The van der Waals surface area contributed by atoms with E-state index < -0.39 is 10.0 Å². The lowest BCUT2D eigenvalue weighted by atomic mass is 10.2. The Bertz CT molecular complexity index is 723. The van der Waals surface area contributed by atoms with Gasteiger partial charge in [-0.2, -0.15) is 4.31 Å². The Labute approximate surface area is 130 Å². The third-order valence-corrected chi connectivity index (χ3v) is 6.59. The molecule has 1 aromatic carbocycles. The van der Waals surface area contributed by atoms with Crippen LogP contribution in [0, 0.1) is 6.92 Å². The first-order chi connectivity index (χ1) is 9.81. The highest BCUT2D eigenvalue weighted by Crippen LogP contribution is 2.29. The molecule has 6 heteroatoms. The number of thiophene rings is 1. The molecule has 1 atom stereocenters. The molecule has 21 heavy (non-hydrogen) atoms. The van der Waals surface area contributed by atoms with E-state index in [-0.39, 0.29) is 11.8 Å². The predicted octanol–water partition coefficient (Wildman–Crippen LogP) is 3.16. The fraction of sp³-hybridized carbons (Fsp3) is 0.333. The van der Waals surface area contributed by atoms with Gasteiger partial charge in [0.15, 0.2) is 0 Å². The van der Waals surface area contributed by atoms with Gasteiger partial charge in [0, 0.05) is 22.5 Å². The molecule has 114 valence electrons. The molecular formula is C15H20N2O2S2. The quantitative estimate of drug-likeness (QED) is 0.859. The van der Waals surface area contributed by atoms with E-state index in [1.54, 1.807) is 42.6 Å². The molecule has 1 heterocycles. The molecule has 0 saturated heterocycles. The summed E-state index contributed by atoms with van der Waals surface area (Å²) in [4.78, 5) is 2.22. The first kappa shape index (κ1) is 16.0. The molecule has 0 amide bonds. The van der Waals surface area contributed by atoms with Crippen LogP contribution in [-0.2, 0) is 15.8 Å². The first-order valence-electron chi connectivity index (χ1n) is 6.66. The van der Waals surface area contributed by atoms with Crippen LogP contribution in [0.5, 0.6) is 0 Å². The first-order valence-corrected chi connectivity index (χ1v) is 9.09. The fourth-order valence-electron chi connectivity index (χ4n) is 2.06. The van der Waals surface area contributed by atoms with Gasteiger partial charge in [0.05, 0.1) is 11.8 Å². The van der Waals surface area contributed by atoms with E-state index in [9.17, 15) is 8.42 Å². The van der Waals surface area contributed by atoms with E-state index in [1.165, 1.54) is 9.18 Å². The van der Waals surface area contributed by atoms with Gasteiger partial charge < -0.3 is 5.73 Å². The van der Waals surface area contributed by atoms with Crippen LogP contribution in [0.15, 0.2) is 36.4 Å². The number of hydrogen-bond donors (Lipinski definition) is 1. The van der Waals surface area contributed by atoms with E-state index in [1.807, 2.05) is 26.0 Å². The predicted molar refractivity (Wildman–Crippen MR) is 88.7 cm³/mol. The van der Waals surface area contributed by atoms with Crippen LogP contribution in [0.2, 0.25) is 0 Å². The second-order valence-corrected chi connectivity index (χ2v) is 8.44. The van der Waals surface area contributed by atoms with Gasteiger partial charge in [-0.25, -0.2) is 8.42 Å². The van der Waals surface area contributed by atoms with Crippen molar-refractivity contribution >= 4 is 27.0 Å². The van der Waals surface area contributed by atoms with Crippen molar-refractivity contribution in [3.63, 3.8) is 0 Å². The second-order valence-electron chi connectivity index (χ2n) is 5.10. The summed E-state index contributed by atoms with van der Waals surface area (Å²) in [6.07, 6.45) is 0. The van der Waals surface area contributed by atoms with Crippen molar-refractivity contribution in [3.05, 3.63) is 51.7 Å². The van der Waals surface area contributed by atoms with Crippen LogP contribution in [-0.4, -0.2) is 19.8 Å². The molecule has 1 aromatic heterocycles. The summed E-state index contributed by atoms with van der Waals surface area (Å²) in [5.74, 6) is -0.0785. The average Bonchev–Trinajstić information content (AvgIpc) is 2.86. The van der Waals surface area contributed by atoms with Crippen molar-refractivity contribution in [1.29, 1.82) is 0 Å². The van der Waals surface area contributed by atoms with E-state index in [0.29, 0.717) is 11.3 Å². The summed E-state index contributed by atoms with van der Waals surface area (Å²) in [6.45, 7) is 3.91. The van der Waals surface area contributed by atoms with Crippen LogP contribution in [0.25, 0.3) is 0 Å². The number of hydrogen-bond acceptors (Lipinski definition) is 4. The number of nitrogens with two attached hydrogens (primary N) is 1. The SMILES string of the molecule is Cc1ccc(C(C)N(C)S(=O)(=O)Cc2ccccc2N)s1. The Morgan fingerprint density at radius 1 is 1.24 bits per heavy atom. The Morgan fingerprint density at radius 2 is 1.90 bits per heavy atom. The lowest BCUT2D eigenvalue weighted by molar-refractivity contribution is 0.402. The van der Waals surface area contributed by atoms with E-state index in [4.69, 9.17) is 5.73 Å². The Kier molecular flexibility index (Phi) is 4.70. The summed E-state index contributed by atoms with van der Waals surface area (Å²) >= 11 is 1.62. The maximum Gasteiger partial charge on any atom is 0.218 e. The number of anilines is 1. The molecule has 0 aliphatic heterocycles. The van der Waals surface area contributed by atoms with Gasteiger partial charge in [-0.1, -0.05) is 18.2 Å². The summed E-state index contributed by atoms with van der Waals surface area (Å²) in [5, 5.41) is 0. The van der Waals surface area contributed by atoms with Gasteiger partial charge in [0.2, 0.25) is 10.0 Å². The molecule has 0 aliphatic carbocycles. The highest BCUT2D eigenvalue weighted by Gasteiger charge is 2.26. The summed E-state index contributed by atoms with van der Waals surface area (Å²) in [6, 6.07) is 10.9. The molecule has 0 aliphatic rings. The molecule has 0 bridgehead atoms. The average molecular weight is 324 g/mol. The van der Waals surface area contributed by atoms with Crippen molar-refractivity contribution in [2.75, 3.05) is 12.8 Å². The van der Waals surface area contributed by atoms with Crippen LogP contribution >= 0.6 is 11.3 Å². The third kappa shape index (κ3) is 3.64. The number of benzene rings is 1. The number of sulfonamides is 1. The zero-order chi connectivity index (χ0) is 15.6. The topological polar surface area (TPSA) is 63.4 Å². The van der Waals surface area contributed by atoms with Gasteiger partial charge in [-0.15, -0.1) is 11.3 Å². The molecule has 2 rings (SSSR count). The van der Waals surface area contributed by atoms with E-state index in [2.05, 4.69) is 0 Å². The van der Waals surface area contributed by atoms with Gasteiger partial charge >= 0.3 is 0 Å². The standard InChI is InChI=1S/C15H20N2O2S2/c1-11-8-9-15(20-11)12(2)17(3)21(18,19)10-13-6-4-5-7-14(13)16/h4-9,12H,10,16H2,1-3H3. The van der Waals surface area contributed by atoms with Crippen LogP contribution in [0.3, 0.4) is 0 Å². The largest absolute Gasteiger partial charge is 0.398 e. The highest BCUT2D eigenvalue weighted by atomic mass is 32.2. The van der Waals surface area contributed by atoms with Crippen molar-refractivity contribution in [2.24, 2.45) is 0 Å². The van der Waals surface area contributed by atoms with Gasteiger partial charge in [0.25, 0.3) is 0 Å². The minimum atomic E-state index is -3.41. The van der Waals surface area contributed by atoms with Crippen molar-refractivity contribution < 1.29 is 8.42 Å². The van der Waals surface area contributed by atoms with Gasteiger partial charge in [-0.3, -0.25) is 0 Å². The molecule has 0 fully saturated rings. The van der Waals surface area contributed by atoms with Crippen LogP contribution in [0.1, 0.15) is 28.3 Å². The molecule has 2 N–H and O–H groups in total. The number of rotatable bonds is 5. The van der Waals surface area contributed by atoms with Crippen molar-refractivity contribution in [1.82, 2.24) is 4.31 Å². The third-order valence-electron chi connectivity index (χ3n) is 3.55. The zero-order valence-electron chi connectivity index (χ0n) is 12.4. The summed E-state index contributed by atoms with van der Waals surface area (Å²) < 4.78 is 26.5. The molecule has 1 unspecified atom stereocenters. The number of aryl methyl sites for hydroxylation is 1. The minimum Gasteiger partial charge on any atom is -0.398 e. The number of nitrogens with zero attached hydrogens (tertiary/aromatic N) is 1. The molecule has 0 spiro atoms.